The molecule has 9 nitrogen and oxygen atoms in total. The Balaban J connectivity index is 1.91. The minimum Gasteiger partial charge on any atom is -0.481 e. The van der Waals surface area contributed by atoms with Crippen LogP contribution >= 0.6 is 0 Å². The highest BCUT2D eigenvalue weighted by molar-refractivity contribution is 7.89. The van der Waals surface area contributed by atoms with Gasteiger partial charge in [-0.3, -0.25) is 9.48 Å². The lowest BCUT2D eigenvalue weighted by Crippen LogP contribution is -2.34. The van der Waals surface area contributed by atoms with Crippen LogP contribution in [0.4, 0.5) is 4.39 Å². The standard InChI is InChI=1S/C23H27FN4O5S/c1-14(2)18-8-16(24)9-19(20(18)10-22(29)30)15-5-6-26-21(7-15)33-13-23(3,4)28-12-17(11-27-28)34(25,31)32/h5-9,11-12,14H,10,13H2,1-4H3,(H,29,30)(H2,25,31,32). The molecule has 0 radical (unpaired) electrons. The smallest absolute Gasteiger partial charge is 0.307 e. The summed E-state index contributed by atoms with van der Waals surface area (Å²) >= 11 is 0. The van der Waals surface area contributed by atoms with E-state index in [0.29, 0.717) is 22.3 Å². The number of carboxylic acids is 1. The van der Waals surface area contributed by atoms with Crippen molar-refractivity contribution in [1.82, 2.24) is 14.8 Å². The van der Waals surface area contributed by atoms with Crippen molar-refractivity contribution in [3.05, 3.63) is 59.8 Å². The number of aromatic nitrogens is 3. The molecule has 0 aliphatic rings. The van der Waals surface area contributed by atoms with E-state index in [4.69, 9.17) is 9.88 Å². The van der Waals surface area contributed by atoms with Crippen LogP contribution in [0.5, 0.6) is 5.88 Å². The van der Waals surface area contributed by atoms with Gasteiger partial charge in [0.15, 0.2) is 0 Å². The van der Waals surface area contributed by atoms with Gasteiger partial charge in [0.05, 0.1) is 18.2 Å². The third-order valence-corrected chi connectivity index (χ3v) is 6.19. The van der Waals surface area contributed by atoms with E-state index in [9.17, 15) is 22.7 Å². The quantitative estimate of drug-likeness (QED) is 0.469. The van der Waals surface area contributed by atoms with Gasteiger partial charge >= 0.3 is 5.97 Å². The number of nitrogens with zero attached hydrogens (tertiary/aromatic N) is 3. The predicted molar refractivity (Wildman–Crippen MR) is 123 cm³/mol. The molecule has 2 aromatic heterocycles. The molecule has 0 atom stereocenters. The second-order valence-electron chi connectivity index (χ2n) is 8.90. The number of ether oxygens (including phenoxy) is 1. The molecule has 0 saturated carbocycles. The fourth-order valence-corrected chi connectivity index (χ4v) is 3.98. The minimum atomic E-state index is -3.88. The fourth-order valence-electron chi connectivity index (χ4n) is 3.54. The van der Waals surface area contributed by atoms with E-state index >= 15 is 0 Å². The number of primary sulfonamides is 1. The molecule has 0 bridgehead atoms. The van der Waals surface area contributed by atoms with Crippen LogP contribution < -0.4 is 9.88 Å². The molecule has 3 N–H and O–H groups in total. The number of halogens is 1. The van der Waals surface area contributed by atoms with E-state index in [1.807, 2.05) is 13.8 Å². The molecule has 0 aliphatic heterocycles. The highest BCUT2D eigenvalue weighted by Crippen LogP contribution is 2.33. The van der Waals surface area contributed by atoms with E-state index in [2.05, 4.69) is 10.1 Å². The molecule has 0 unspecified atom stereocenters. The predicted octanol–water partition coefficient (Wildman–Crippen LogP) is 3.30. The topological polar surface area (TPSA) is 137 Å². The largest absolute Gasteiger partial charge is 0.481 e. The van der Waals surface area contributed by atoms with Gasteiger partial charge in [-0.05, 0) is 60.2 Å². The Bertz CT molecular complexity index is 1320. The van der Waals surface area contributed by atoms with Crippen LogP contribution in [0.2, 0.25) is 0 Å². The summed E-state index contributed by atoms with van der Waals surface area (Å²) in [5, 5.41) is 18.6. The van der Waals surface area contributed by atoms with Crippen molar-refractivity contribution >= 4 is 16.0 Å². The number of carboxylic acid groups (broad SMARTS) is 1. The van der Waals surface area contributed by atoms with E-state index in [1.54, 1.807) is 26.0 Å². The molecule has 2 heterocycles. The average molecular weight is 491 g/mol. The monoisotopic (exact) mass is 490 g/mol. The van der Waals surface area contributed by atoms with E-state index in [0.717, 1.165) is 6.20 Å². The van der Waals surface area contributed by atoms with Gasteiger partial charge in [-0.2, -0.15) is 5.10 Å². The van der Waals surface area contributed by atoms with Crippen LogP contribution in [0.25, 0.3) is 11.1 Å². The number of carbonyl (C=O) groups is 1. The van der Waals surface area contributed by atoms with Crippen LogP contribution in [0, 0.1) is 5.82 Å². The summed E-state index contributed by atoms with van der Waals surface area (Å²) in [6, 6.07) is 5.95. The van der Waals surface area contributed by atoms with Crippen molar-refractivity contribution in [3.8, 4) is 17.0 Å². The molecule has 3 rings (SSSR count). The summed E-state index contributed by atoms with van der Waals surface area (Å²) in [4.78, 5) is 15.6. The SMILES string of the molecule is CC(C)c1cc(F)cc(-c2ccnc(OCC(C)(C)n3cc(S(N)(=O)=O)cn3)c2)c1CC(=O)O. The first-order valence-corrected chi connectivity index (χ1v) is 12.0. The van der Waals surface area contributed by atoms with Crippen LogP contribution in [0.3, 0.4) is 0 Å². The molecule has 3 aromatic rings. The maximum Gasteiger partial charge on any atom is 0.307 e. The fraction of sp³-hybridized carbons (Fsp3) is 0.348. The summed E-state index contributed by atoms with van der Waals surface area (Å²) in [7, 11) is -3.88. The lowest BCUT2D eigenvalue weighted by Gasteiger charge is -2.25. The number of hydrogen-bond acceptors (Lipinski definition) is 6. The van der Waals surface area contributed by atoms with Crippen molar-refractivity contribution in [3.63, 3.8) is 0 Å². The van der Waals surface area contributed by atoms with Gasteiger partial charge in [0.2, 0.25) is 15.9 Å². The zero-order valence-electron chi connectivity index (χ0n) is 19.3. The molecule has 11 heteroatoms. The Morgan fingerprint density at radius 1 is 1.29 bits per heavy atom. The van der Waals surface area contributed by atoms with Crippen LogP contribution in [-0.2, 0) is 26.8 Å². The van der Waals surface area contributed by atoms with Crippen molar-refractivity contribution in [2.24, 2.45) is 5.14 Å². The molecular formula is C23H27FN4O5S. The van der Waals surface area contributed by atoms with Gasteiger partial charge in [-0.1, -0.05) is 13.8 Å². The van der Waals surface area contributed by atoms with Crippen molar-refractivity contribution in [2.45, 2.75) is 50.5 Å². The second-order valence-corrected chi connectivity index (χ2v) is 10.5. The van der Waals surface area contributed by atoms with E-state index < -0.39 is 27.3 Å². The number of nitrogens with two attached hydrogens (primary N) is 1. The van der Waals surface area contributed by atoms with Crippen molar-refractivity contribution < 1.29 is 27.4 Å². The normalized spacial score (nSPS) is 12.2. The molecule has 0 aliphatic carbocycles. The lowest BCUT2D eigenvalue weighted by atomic mass is 9.88. The summed E-state index contributed by atoms with van der Waals surface area (Å²) in [6.07, 6.45) is 3.73. The van der Waals surface area contributed by atoms with Gasteiger partial charge in [0, 0.05) is 18.5 Å². The van der Waals surface area contributed by atoms with Gasteiger partial charge in [-0.25, -0.2) is 22.9 Å². The average Bonchev–Trinajstić information content (AvgIpc) is 3.25. The minimum absolute atomic E-state index is 0.0709. The first kappa shape index (κ1) is 25.3. The molecule has 34 heavy (non-hydrogen) atoms. The Labute approximate surface area is 197 Å². The Morgan fingerprint density at radius 3 is 2.59 bits per heavy atom. The van der Waals surface area contributed by atoms with Crippen molar-refractivity contribution in [1.29, 1.82) is 0 Å². The highest BCUT2D eigenvalue weighted by atomic mass is 32.2. The molecular weight excluding hydrogens is 463 g/mol. The molecule has 1 aromatic carbocycles. The Hall–Kier alpha value is -3.31. The Morgan fingerprint density at radius 2 is 2.00 bits per heavy atom. The third kappa shape index (κ3) is 5.78. The van der Waals surface area contributed by atoms with Gasteiger partial charge in [0.1, 0.15) is 17.3 Å². The number of benzene rings is 1. The highest BCUT2D eigenvalue weighted by Gasteiger charge is 2.25. The number of sulfonamides is 1. The maximum absolute atomic E-state index is 14.4. The molecule has 0 saturated heterocycles. The summed E-state index contributed by atoms with van der Waals surface area (Å²) in [5.41, 5.74) is 1.44. The number of pyridine rings is 1. The number of hydrogen-bond donors (Lipinski definition) is 2. The molecule has 182 valence electrons. The Kier molecular flexibility index (Phi) is 7.08. The molecule has 0 amide bonds. The zero-order valence-corrected chi connectivity index (χ0v) is 20.1. The first-order chi connectivity index (χ1) is 15.8. The van der Waals surface area contributed by atoms with Gasteiger partial charge in [0.25, 0.3) is 0 Å². The van der Waals surface area contributed by atoms with E-state index in [1.165, 1.54) is 29.2 Å². The van der Waals surface area contributed by atoms with Crippen LogP contribution in [0.1, 0.15) is 44.7 Å². The first-order valence-electron chi connectivity index (χ1n) is 10.5. The zero-order chi connectivity index (χ0) is 25.3. The summed E-state index contributed by atoms with van der Waals surface area (Å²) in [5.74, 6) is -1.31. The van der Waals surface area contributed by atoms with Crippen molar-refractivity contribution in [2.75, 3.05) is 6.61 Å². The summed E-state index contributed by atoms with van der Waals surface area (Å²) in [6.45, 7) is 7.43. The summed E-state index contributed by atoms with van der Waals surface area (Å²) < 4.78 is 44.8. The number of rotatable bonds is 9. The number of aliphatic carboxylic acids is 1. The van der Waals surface area contributed by atoms with Gasteiger partial charge in [-0.15, -0.1) is 0 Å². The maximum atomic E-state index is 14.4. The van der Waals surface area contributed by atoms with Crippen LogP contribution in [0.15, 0.2) is 47.8 Å². The van der Waals surface area contributed by atoms with E-state index in [-0.39, 0.29) is 29.7 Å². The third-order valence-electron chi connectivity index (χ3n) is 5.33. The van der Waals surface area contributed by atoms with Crippen LogP contribution in [-0.4, -0.2) is 40.9 Å². The molecule has 0 spiro atoms. The molecule has 0 fully saturated rings. The lowest BCUT2D eigenvalue weighted by molar-refractivity contribution is -0.136. The van der Waals surface area contributed by atoms with Gasteiger partial charge < -0.3 is 9.84 Å². The second kappa shape index (κ2) is 9.51.